The van der Waals surface area contributed by atoms with Crippen LogP contribution < -0.4 is 4.74 Å². The molecule has 3 unspecified atom stereocenters. The standard InChI is InChI=1S/C15H22O3/c1-10-4-5-14(17-3)13(8-10)15(16)12-6-7-18-9-11(12)2/h4-5,8,11-12,15-16H,6-7,9H2,1-3H3. The van der Waals surface area contributed by atoms with E-state index in [1.54, 1.807) is 7.11 Å². The van der Waals surface area contributed by atoms with Crippen LogP contribution in [0.2, 0.25) is 0 Å². The van der Waals surface area contributed by atoms with Gasteiger partial charge in [-0.15, -0.1) is 0 Å². The molecule has 1 aliphatic heterocycles. The number of benzene rings is 1. The number of aryl methyl sites for hydroxylation is 1. The quantitative estimate of drug-likeness (QED) is 0.896. The zero-order valence-electron chi connectivity index (χ0n) is 11.3. The number of hydrogen-bond acceptors (Lipinski definition) is 3. The molecule has 18 heavy (non-hydrogen) atoms. The summed E-state index contributed by atoms with van der Waals surface area (Å²) < 4.78 is 10.8. The van der Waals surface area contributed by atoms with E-state index in [1.165, 1.54) is 0 Å². The van der Waals surface area contributed by atoms with Crippen LogP contribution in [0.15, 0.2) is 18.2 Å². The van der Waals surface area contributed by atoms with E-state index in [4.69, 9.17) is 9.47 Å². The summed E-state index contributed by atoms with van der Waals surface area (Å²) in [5.41, 5.74) is 2.04. The molecular weight excluding hydrogens is 228 g/mol. The van der Waals surface area contributed by atoms with Gasteiger partial charge in [0.15, 0.2) is 0 Å². The maximum atomic E-state index is 10.6. The molecule has 2 rings (SSSR count). The molecule has 0 saturated carbocycles. The van der Waals surface area contributed by atoms with Crippen molar-refractivity contribution in [2.24, 2.45) is 11.8 Å². The molecule has 0 spiro atoms. The molecule has 1 aromatic carbocycles. The van der Waals surface area contributed by atoms with Crippen molar-refractivity contribution in [3.63, 3.8) is 0 Å². The van der Waals surface area contributed by atoms with Gasteiger partial charge in [0.25, 0.3) is 0 Å². The minimum atomic E-state index is -0.473. The van der Waals surface area contributed by atoms with Crippen LogP contribution in [0.4, 0.5) is 0 Å². The average Bonchev–Trinajstić information content (AvgIpc) is 2.38. The first-order valence-corrected chi connectivity index (χ1v) is 6.54. The summed E-state index contributed by atoms with van der Waals surface area (Å²) in [5, 5.41) is 10.6. The van der Waals surface area contributed by atoms with Crippen LogP contribution >= 0.6 is 0 Å². The van der Waals surface area contributed by atoms with Gasteiger partial charge in [-0.1, -0.05) is 18.6 Å². The van der Waals surface area contributed by atoms with Crippen molar-refractivity contribution in [3.8, 4) is 5.75 Å². The van der Waals surface area contributed by atoms with Crippen LogP contribution in [0, 0.1) is 18.8 Å². The zero-order valence-corrected chi connectivity index (χ0v) is 11.3. The highest BCUT2D eigenvalue weighted by molar-refractivity contribution is 5.38. The summed E-state index contributed by atoms with van der Waals surface area (Å²) in [6, 6.07) is 5.95. The minimum absolute atomic E-state index is 0.245. The molecule has 0 aliphatic carbocycles. The Morgan fingerprint density at radius 2 is 2.22 bits per heavy atom. The number of aliphatic hydroxyl groups excluding tert-OH is 1. The number of rotatable bonds is 3. The van der Waals surface area contributed by atoms with Crippen molar-refractivity contribution in [3.05, 3.63) is 29.3 Å². The second-order valence-corrected chi connectivity index (χ2v) is 5.19. The molecule has 3 heteroatoms. The molecule has 1 N–H and O–H groups in total. The lowest BCUT2D eigenvalue weighted by Crippen LogP contribution is -2.30. The third-order valence-corrected chi connectivity index (χ3v) is 3.82. The van der Waals surface area contributed by atoms with Crippen molar-refractivity contribution >= 4 is 0 Å². The lowest BCUT2D eigenvalue weighted by molar-refractivity contribution is -0.0316. The van der Waals surface area contributed by atoms with Crippen molar-refractivity contribution < 1.29 is 14.6 Å². The molecule has 1 heterocycles. The molecule has 0 bridgehead atoms. The molecule has 0 aromatic heterocycles. The molecule has 100 valence electrons. The largest absolute Gasteiger partial charge is 0.496 e. The van der Waals surface area contributed by atoms with Crippen LogP contribution in [0.1, 0.15) is 30.6 Å². The first kappa shape index (κ1) is 13.4. The smallest absolute Gasteiger partial charge is 0.124 e. The lowest BCUT2D eigenvalue weighted by atomic mass is 9.82. The highest BCUT2D eigenvalue weighted by Crippen LogP contribution is 2.37. The molecule has 1 aliphatic rings. The fourth-order valence-electron chi connectivity index (χ4n) is 2.68. The van der Waals surface area contributed by atoms with Gasteiger partial charge < -0.3 is 14.6 Å². The summed E-state index contributed by atoms with van der Waals surface area (Å²) >= 11 is 0. The van der Waals surface area contributed by atoms with Gasteiger partial charge in [-0.05, 0) is 37.3 Å². The van der Waals surface area contributed by atoms with Crippen molar-refractivity contribution in [1.29, 1.82) is 0 Å². The van der Waals surface area contributed by atoms with E-state index in [-0.39, 0.29) is 5.92 Å². The van der Waals surface area contributed by atoms with Crippen molar-refractivity contribution in [2.45, 2.75) is 26.4 Å². The summed E-state index contributed by atoms with van der Waals surface area (Å²) in [5.74, 6) is 1.39. The molecule has 3 nitrogen and oxygen atoms in total. The Bertz CT molecular complexity index is 403. The number of methoxy groups -OCH3 is 1. The van der Waals surface area contributed by atoms with Gasteiger partial charge in [0.2, 0.25) is 0 Å². The Hall–Kier alpha value is -1.06. The Morgan fingerprint density at radius 1 is 1.44 bits per heavy atom. The van der Waals surface area contributed by atoms with Crippen molar-refractivity contribution in [1.82, 2.24) is 0 Å². The van der Waals surface area contributed by atoms with Crippen LogP contribution in [0.25, 0.3) is 0 Å². The van der Waals surface area contributed by atoms with Gasteiger partial charge in [-0.25, -0.2) is 0 Å². The lowest BCUT2D eigenvalue weighted by Gasteiger charge is -2.33. The highest BCUT2D eigenvalue weighted by Gasteiger charge is 2.31. The van der Waals surface area contributed by atoms with Gasteiger partial charge in [0.05, 0.1) is 13.2 Å². The Morgan fingerprint density at radius 3 is 2.89 bits per heavy atom. The SMILES string of the molecule is COc1ccc(C)cc1C(O)C1CCOCC1C. The molecular formula is C15H22O3. The molecule has 1 fully saturated rings. The second-order valence-electron chi connectivity index (χ2n) is 5.19. The average molecular weight is 250 g/mol. The fraction of sp³-hybridized carbons (Fsp3) is 0.600. The second kappa shape index (κ2) is 5.72. The van der Waals surface area contributed by atoms with Gasteiger partial charge in [-0.3, -0.25) is 0 Å². The maximum Gasteiger partial charge on any atom is 0.124 e. The van der Waals surface area contributed by atoms with E-state index in [2.05, 4.69) is 6.92 Å². The molecule has 0 amide bonds. The third-order valence-electron chi connectivity index (χ3n) is 3.82. The molecule has 1 saturated heterocycles. The predicted octanol–water partition coefficient (Wildman–Crippen LogP) is 2.71. The number of hydrogen-bond donors (Lipinski definition) is 1. The highest BCUT2D eigenvalue weighted by atomic mass is 16.5. The van der Waals surface area contributed by atoms with Crippen molar-refractivity contribution in [2.75, 3.05) is 20.3 Å². The van der Waals surface area contributed by atoms with Crippen LogP contribution in [0.5, 0.6) is 5.75 Å². The monoisotopic (exact) mass is 250 g/mol. The summed E-state index contributed by atoms with van der Waals surface area (Å²) in [4.78, 5) is 0. The Labute approximate surface area is 109 Å². The molecule has 3 atom stereocenters. The first-order chi connectivity index (χ1) is 8.63. The van der Waals surface area contributed by atoms with Gasteiger partial charge >= 0.3 is 0 Å². The summed E-state index contributed by atoms with van der Waals surface area (Å²) in [6.07, 6.45) is 0.429. The predicted molar refractivity (Wildman–Crippen MR) is 70.8 cm³/mol. The van der Waals surface area contributed by atoms with Crippen LogP contribution in [0.3, 0.4) is 0 Å². The van der Waals surface area contributed by atoms with E-state index >= 15 is 0 Å². The zero-order chi connectivity index (χ0) is 13.1. The third kappa shape index (κ3) is 2.68. The normalized spacial score (nSPS) is 25.8. The minimum Gasteiger partial charge on any atom is -0.496 e. The Kier molecular flexibility index (Phi) is 4.25. The van der Waals surface area contributed by atoms with E-state index in [0.29, 0.717) is 5.92 Å². The van der Waals surface area contributed by atoms with Gasteiger partial charge in [0.1, 0.15) is 5.75 Å². The molecule has 1 aromatic rings. The van der Waals surface area contributed by atoms with E-state index in [9.17, 15) is 5.11 Å². The van der Waals surface area contributed by atoms with Crippen LogP contribution in [-0.4, -0.2) is 25.4 Å². The van der Waals surface area contributed by atoms with Gasteiger partial charge in [-0.2, -0.15) is 0 Å². The Balaban J connectivity index is 2.26. The first-order valence-electron chi connectivity index (χ1n) is 6.54. The topological polar surface area (TPSA) is 38.7 Å². The summed E-state index contributed by atoms with van der Waals surface area (Å²) in [6.45, 7) is 5.63. The number of aliphatic hydroxyl groups is 1. The fourth-order valence-corrected chi connectivity index (χ4v) is 2.68. The number of ether oxygens (including phenoxy) is 2. The van der Waals surface area contributed by atoms with E-state index in [1.807, 2.05) is 25.1 Å². The summed E-state index contributed by atoms with van der Waals surface area (Å²) in [7, 11) is 1.65. The maximum absolute atomic E-state index is 10.6. The van der Waals surface area contributed by atoms with E-state index < -0.39 is 6.10 Å². The molecule has 0 radical (unpaired) electrons. The van der Waals surface area contributed by atoms with Gasteiger partial charge in [0, 0.05) is 18.8 Å². The van der Waals surface area contributed by atoms with Crippen LogP contribution in [-0.2, 0) is 4.74 Å². The van der Waals surface area contributed by atoms with E-state index in [0.717, 1.165) is 36.5 Å².